The molecule has 0 spiro atoms. The lowest BCUT2D eigenvalue weighted by molar-refractivity contribution is -0.118. The number of nitrogens with zero attached hydrogens (tertiary/aromatic N) is 1. The van der Waals surface area contributed by atoms with Crippen molar-refractivity contribution in [3.05, 3.63) is 71.8 Å². The Balaban J connectivity index is 1.98. The molecule has 40 heavy (non-hydrogen) atoms. The molecule has 0 bridgehead atoms. The Hall–Kier alpha value is -4.12. The molecule has 1 atom stereocenters. The zero-order valence-corrected chi connectivity index (χ0v) is 23.5. The van der Waals surface area contributed by atoms with Crippen LogP contribution in [0.5, 0.6) is 0 Å². The Kier molecular flexibility index (Phi) is 13.4. The summed E-state index contributed by atoms with van der Waals surface area (Å²) in [6.07, 6.45) is -1.93. The van der Waals surface area contributed by atoms with E-state index in [1.807, 2.05) is 36.4 Å². The third-order valence-electron chi connectivity index (χ3n) is 5.00. The fraction of sp³-hybridized carbons (Fsp3) is 0.393. The summed E-state index contributed by atoms with van der Waals surface area (Å²) in [6, 6.07) is 17.2. The van der Waals surface area contributed by atoms with Gasteiger partial charge in [0.25, 0.3) is 0 Å². The number of amides is 3. The van der Waals surface area contributed by atoms with Crippen LogP contribution in [0.25, 0.3) is 0 Å². The van der Waals surface area contributed by atoms with Crippen molar-refractivity contribution < 1.29 is 33.4 Å². The van der Waals surface area contributed by atoms with E-state index in [2.05, 4.69) is 20.9 Å². The highest BCUT2D eigenvalue weighted by atomic mass is 35.5. The first-order chi connectivity index (χ1) is 19.1. The fourth-order valence-electron chi connectivity index (χ4n) is 3.16. The molecule has 2 aromatic carbocycles. The second kappa shape index (κ2) is 16.8. The normalized spacial score (nSPS) is 11.4. The summed E-state index contributed by atoms with van der Waals surface area (Å²) < 4.78 is 15.6. The first kappa shape index (κ1) is 32.1. The second-order valence-corrected chi connectivity index (χ2v) is 9.81. The number of nitrogens with one attached hydrogen (secondary N) is 3. The topological polar surface area (TPSA) is 144 Å². The fourth-order valence-corrected chi connectivity index (χ4v) is 3.35. The molecule has 0 aliphatic carbocycles. The van der Waals surface area contributed by atoms with Crippen molar-refractivity contribution >= 4 is 41.6 Å². The van der Waals surface area contributed by atoms with Gasteiger partial charge in [-0.05, 0) is 44.7 Å². The zero-order chi connectivity index (χ0) is 29.4. The van der Waals surface area contributed by atoms with Crippen molar-refractivity contribution in [2.24, 2.45) is 4.99 Å². The van der Waals surface area contributed by atoms with Crippen LogP contribution in [0.1, 0.15) is 44.7 Å². The molecular weight excluding hydrogens is 540 g/mol. The lowest BCUT2D eigenvalue weighted by Crippen LogP contribution is -2.45. The number of ether oxygens (including phenoxy) is 3. The van der Waals surface area contributed by atoms with Gasteiger partial charge in [-0.1, -0.05) is 60.7 Å². The van der Waals surface area contributed by atoms with E-state index in [0.717, 1.165) is 11.1 Å². The van der Waals surface area contributed by atoms with Gasteiger partial charge in [0.05, 0.1) is 11.9 Å². The Morgan fingerprint density at radius 3 is 1.77 bits per heavy atom. The number of halogens is 1. The maximum absolute atomic E-state index is 12.4. The van der Waals surface area contributed by atoms with Gasteiger partial charge >= 0.3 is 18.3 Å². The van der Waals surface area contributed by atoms with E-state index < -0.39 is 29.9 Å². The molecule has 0 radical (unpaired) electrons. The minimum absolute atomic E-state index is 0.0109. The largest absolute Gasteiger partial charge is 0.444 e. The molecule has 11 nitrogen and oxygen atoms in total. The number of rotatable bonds is 11. The first-order valence-electron chi connectivity index (χ1n) is 12.6. The van der Waals surface area contributed by atoms with E-state index in [0.29, 0.717) is 6.42 Å². The Morgan fingerprint density at radius 1 is 0.825 bits per heavy atom. The van der Waals surface area contributed by atoms with Gasteiger partial charge < -0.3 is 19.5 Å². The number of hydrogen-bond acceptors (Lipinski definition) is 8. The average molecular weight is 575 g/mol. The van der Waals surface area contributed by atoms with Crippen LogP contribution in [-0.2, 0) is 32.2 Å². The highest BCUT2D eigenvalue weighted by Gasteiger charge is 2.23. The van der Waals surface area contributed by atoms with Gasteiger partial charge in [0.2, 0.25) is 5.96 Å². The average Bonchev–Trinajstić information content (AvgIpc) is 2.92. The summed E-state index contributed by atoms with van der Waals surface area (Å²) >= 11 is 5.70. The number of guanidine groups is 1. The van der Waals surface area contributed by atoms with E-state index in [4.69, 9.17) is 25.8 Å². The predicted octanol–water partition coefficient (Wildman–Crippen LogP) is 4.68. The summed E-state index contributed by atoms with van der Waals surface area (Å²) in [7, 11) is 0. The van der Waals surface area contributed by atoms with E-state index in [-0.39, 0.29) is 43.8 Å². The first-order valence-corrected chi connectivity index (χ1v) is 13.2. The summed E-state index contributed by atoms with van der Waals surface area (Å²) in [5, 5.41) is 7.31. The smallest absolute Gasteiger partial charge is 0.414 e. The van der Waals surface area contributed by atoms with Gasteiger partial charge in [0.15, 0.2) is 5.78 Å². The maximum Gasteiger partial charge on any atom is 0.414 e. The van der Waals surface area contributed by atoms with E-state index in [1.165, 1.54) is 0 Å². The molecule has 0 aliphatic rings. The molecular formula is C28H35ClN4O7. The number of carbonyl (C=O) groups is 4. The van der Waals surface area contributed by atoms with Gasteiger partial charge in [-0.2, -0.15) is 0 Å². The summed E-state index contributed by atoms with van der Waals surface area (Å²) in [5.74, 6) is -0.878. The van der Waals surface area contributed by atoms with Crippen LogP contribution < -0.4 is 16.0 Å². The molecule has 12 heteroatoms. The lowest BCUT2D eigenvalue weighted by atomic mass is 10.1. The van der Waals surface area contributed by atoms with E-state index in [1.54, 1.807) is 45.0 Å². The van der Waals surface area contributed by atoms with Gasteiger partial charge in [-0.15, -0.1) is 11.6 Å². The van der Waals surface area contributed by atoms with Gasteiger partial charge in [0, 0.05) is 6.54 Å². The molecule has 3 amide bonds. The minimum atomic E-state index is -0.890. The Labute approximate surface area is 238 Å². The molecule has 2 aromatic rings. The molecule has 3 N–H and O–H groups in total. The highest BCUT2D eigenvalue weighted by molar-refractivity contribution is 6.28. The molecule has 0 heterocycles. The number of alkyl carbamates (subject to hydrolysis) is 3. The second-order valence-electron chi connectivity index (χ2n) is 9.54. The van der Waals surface area contributed by atoms with Crippen molar-refractivity contribution in [2.75, 3.05) is 12.4 Å². The van der Waals surface area contributed by atoms with Crippen molar-refractivity contribution in [2.45, 2.75) is 58.5 Å². The zero-order valence-electron chi connectivity index (χ0n) is 22.8. The number of ketones is 1. The standard InChI is InChI=1S/C28H35ClN4O7/c1-28(2,3)40-27(37)31-22(23(34)17-29)15-10-16-30-24(32-25(35)38-18-20-11-6-4-7-12-20)33-26(36)39-19-21-13-8-5-9-14-21/h4-9,11-14,22H,10,15-19H2,1-3H3,(H,31,37)(H2,30,32,33,35,36)/t22-/m0/s1. The van der Waals surface area contributed by atoms with Crippen molar-refractivity contribution in [3.63, 3.8) is 0 Å². The van der Waals surface area contributed by atoms with Crippen molar-refractivity contribution in [1.82, 2.24) is 16.0 Å². The lowest BCUT2D eigenvalue weighted by Gasteiger charge is -2.22. The third kappa shape index (κ3) is 13.6. The summed E-state index contributed by atoms with van der Waals surface area (Å²) in [5.41, 5.74) is 0.817. The van der Waals surface area contributed by atoms with Crippen LogP contribution in [-0.4, -0.2) is 54.1 Å². The molecule has 0 saturated carbocycles. The summed E-state index contributed by atoms with van der Waals surface area (Å²) in [6.45, 7) is 5.22. The minimum Gasteiger partial charge on any atom is -0.444 e. The SMILES string of the molecule is CC(C)(C)OC(=O)N[C@@H](CCCN=C(NC(=O)OCc1ccccc1)NC(=O)OCc1ccccc1)C(=O)CCl. The molecule has 2 rings (SSSR count). The van der Waals surface area contributed by atoms with Crippen molar-refractivity contribution in [1.29, 1.82) is 0 Å². The van der Waals surface area contributed by atoms with E-state index >= 15 is 0 Å². The molecule has 0 unspecified atom stereocenters. The quantitative estimate of drug-likeness (QED) is 0.116. The monoisotopic (exact) mass is 574 g/mol. The number of hydrogen-bond donors (Lipinski definition) is 3. The van der Waals surface area contributed by atoms with Crippen molar-refractivity contribution in [3.8, 4) is 0 Å². The number of Topliss-reactive ketones (excluding diaryl/α,β-unsaturated/α-hetero) is 1. The third-order valence-corrected chi connectivity index (χ3v) is 5.26. The van der Waals surface area contributed by atoms with Crippen LogP contribution in [0.3, 0.4) is 0 Å². The Morgan fingerprint density at radius 2 is 1.32 bits per heavy atom. The number of alkyl halides is 1. The molecule has 0 aliphatic heterocycles. The van der Waals surface area contributed by atoms with Crippen LogP contribution >= 0.6 is 11.6 Å². The molecule has 0 aromatic heterocycles. The van der Waals surface area contributed by atoms with E-state index in [9.17, 15) is 19.2 Å². The molecule has 0 saturated heterocycles. The van der Waals surface area contributed by atoms with Crippen LogP contribution in [0.4, 0.5) is 14.4 Å². The number of aliphatic imine (C=N–C) groups is 1. The van der Waals surface area contributed by atoms with Crippen LogP contribution in [0, 0.1) is 0 Å². The van der Waals surface area contributed by atoms with Gasteiger partial charge in [0.1, 0.15) is 18.8 Å². The Bertz CT molecular complexity index is 1080. The number of carbonyl (C=O) groups excluding carboxylic acids is 4. The van der Waals surface area contributed by atoms with Crippen LogP contribution in [0.15, 0.2) is 65.7 Å². The highest BCUT2D eigenvalue weighted by Crippen LogP contribution is 2.09. The van der Waals surface area contributed by atoms with Gasteiger partial charge in [-0.25, -0.2) is 14.4 Å². The molecule has 0 fully saturated rings. The maximum atomic E-state index is 12.4. The summed E-state index contributed by atoms with van der Waals surface area (Å²) in [4.78, 5) is 53.3. The predicted molar refractivity (Wildman–Crippen MR) is 150 cm³/mol. The molecule has 216 valence electrons. The number of benzene rings is 2. The van der Waals surface area contributed by atoms with Crippen LogP contribution in [0.2, 0.25) is 0 Å². The van der Waals surface area contributed by atoms with Gasteiger partial charge in [-0.3, -0.25) is 20.4 Å².